The molecule has 0 radical (unpaired) electrons. The SMILES string of the molecule is CCCCN(CCCC)C(C)C(=O)c1ccc(F)c(F)c1. The van der Waals surface area contributed by atoms with E-state index < -0.39 is 11.6 Å². The van der Waals surface area contributed by atoms with Gasteiger partial charge in [-0.25, -0.2) is 8.78 Å². The molecule has 4 heteroatoms. The highest BCUT2D eigenvalue weighted by atomic mass is 19.2. The highest BCUT2D eigenvalue weighted by molar-refractivity contribution is 5.99. The van der Waals surface area contributed by atoms with Crippen molar-refractivity contribution < 1.29 is 13.6 Å². The van der Waals surface area contributed by atoms with Crippen LogP contribution in [0.25, 0.3) is 0 Å². The second-order valence-corrected chi connectivity index (χ2v) is 5.41. The van der Waals surface area contributed by atoms with Crippen molar-refractivity contribution in [3.05, 3.63) is 35.4 Å². The average molecular weight is 297 g/mol. The zero-order chi connectivity index (χ0) is 15.8. The average Bonchev–Trinajstić information content (AvgIpc) is 2.49. The summed E-state index contributed by atoms with van der Waals surface area (Å²) < 4.78 is 26.2. The number of halogens is 2. The molecule has 0 saturated heterocycles. The smallest absolute Gasteiger partial charge is 0.179 e. The first kappa shape index (κ1) is 17.8. The van der Waals surface area contributed by atoms with E-state index in [4.69, 9.17) is 0 Å². The normalized spacial score (nSPS) is 12.7. The van der Waals surface area contributed by atoms with Crippen LogP contribution in [0.5, 0.6) is 0 Å². The van der Waals surface area contributed by atoms with Crippen LogP contribution in [0.1, 0.15) is 56.8 Å². The van der Waals surface area contributed by atoms with Gasteiger partial charge in [0, 0.05) is 5.56 Å². The summed E-state index contributed by atoms with van der Waals surface area (Å²) in [6.45, 7) is 7.77. The Morgan fingerprint density at radius 1 is 1.10 bits per heavy atom. The second kappa shape index (κ2) is 8.88. The van der Waals surface area contributed by atoms with Crippen LogP contribution >= 0.6 is 0 Å². The summed E-state index contributed by atoms with van der Waals surface area (Å²) in [7, 11) is 0. The van der Waals surface area contributed by atoms with Crippen LogP contribution in [0.4, 0.5) is 8.78 Å². The lowest BCUT2D eigenvalue weighted by molar-refractivity contribution is 0.0833. The number of hydrogen-bond donors (Lipinski definition) is 0. The molecule has 0 aromatic heterocycles. The molecule has 1 unspecified atom stereocenters. The predicted octanol–water partition coefficient (Wildman–Crippen LogP) is 4.44. The number of ketones is 1. The molecule has 0 aliphatic rings. The lowest BCUT2D eigenvalue weighted by Gasteiger charge is -2.28. The van der Waals surface area contributed by atoms with Crippen molar-refractivity contribution in [2.45, 2.75) is 52.5 Å². The maximum Gasteiger partial charge on any atom is 0.179 e. The van der Waals surface area contributed by atoms with Crippen molar-refractivity contribution in [1.82, 2.24) is 4.90 Å². The van der Waals surface area contributed by atoms with Gasteiger partial charge in [-0.1, -0.05) is 26.7 Å². The van der Waals surface area contributed by atoms with Crippen LogP contribution in [0.2, 0.25) is 0 Å². The molecular weight excluding hydrogens is 272 g/mol. The Balaban J connectivity index is 2.82. The quantitative estimate of drug-likeness (QED) is 0.628. The Morgan fingerprint density at radius 2 is 1.67 bits per heavy atom. The number of benzene rings is 1. The molecule has 1 aromatic carbocycles. The molecule has 2 nitrogen and oxygen atoms in total. The number of unbranched alkanes of at least 4 members (excludes halogenated alkanes) is 2. The van der Waals surface area contributed by atoms with E-state index in [2.05, 4.69) is 18.7 Å². The molecule has 1 aromatic rings. The van der Waals surface area contributed by atoms with Crippen LogP contribution < -0.4 is 0 Å². The third kappa shape index (κ3) is 5.20. The first-order valence-corrected chi connectivity index (χ1v) is 7.74. The standard InChI is InChI=1S/C17H25F2NO/c1-4-6-10-20(11-7-5-2)13(3)17(21)14-8-9-15(18)16(19)12-14/h8-9,12-13H,4-7,10-11H2,1-3H3. The van der Waals surface area contributed by atoms with Gasteiger partial charge in [-0.05, 0) is 51.1 Å². The molecule has 21 heavy (non-hydrogen) atoms. The molecule has 118 valence electrons. The Labute approximate surface area is 126 Å². The summed E-state index contributed by atoms with van der Waals surface area (Å²) >= 11 is 0. The zero-order valence-electron chi connectivity index (χ0n) is 13.2. The summed E-state index contributed by atoms with van der Waals surface area (Å²) in [5, 5.41) is 0. The van der Waals surface area contributed by atoms with E-state index in [0.29, 0.717) is 0 Å². The molecule has 0 fully saturated rings. The van der Waals surface area contributed by atoms with E-state index >= 15 is 0 Å². The Bertz CT molecular complexity index is 454. The van der Waals surface area contributed by atoms with Gasteiger partial charge in [-0.3, -0.25) is 9.69 Å². The first-order chi connectivity index (χ1) is 10.0. The summed E-state index contributed by atoms with van der Waals surface area (Å²) in [5.41, 5.74) is 0.236. The third-order valence-electron chi connectivity index (χ3n) is 3.73. The molecule has 0 amide bonds. The van der Waals surface area contributed by atoms with Gasteiger partial charge in [0.25, 0.3) is 0 Å². The number of carbonyl (C=O) groups excluding carboxylic acids is 1. The molecule has 0 aliphatic carbocycles. The number of rotatable bonds is 9. The predicted molar refractivity (Wildman–Crippen MR) is 81.5 cm³/mol. The number of hydrogen-bond acceptors (Lipinski definition) is 2. The molecule has 0 spiro atoms. The van der Waals surface area contributed by atoms with Gasteiger partial charge >= 0.3 is 0 Å². The minimum Gasteiger partial charge on any atom is -0.294 e. The second-order valence-electron chi connectivity index (χ2n) is 5.41. The van der Waals surface area contributed by atoms with Crippen LogP contribution in [0.3, 0.4) is 0 Å². The summed E-state index contributed by atoms with van der Waals surface area (Å²) in [4.78, 5) is 14.6. The highest BCUT2D eigenvalue weighted by Crippen LogP contribution is 2.14. The largest absolute Gasteiger partial charge is 0.294 e. The summed E-state index contributed by atoms with van der Waals surface area (Å²) in [5.74, 6) is -2.05. The Morgan fingerprint density at radius 3 is 2.14 bits per heavy atom. The van der Waals surface area contributed by atoms with E-state index in [1.54, 1.807) is 0 Å². The van der Waals surface area contributed by atoms with Crippen molar-refractivity contribution in [3.63, 3.8) is 0 Å². The van der Waals surface area contributed by atoms with E-state index in [-0.39, 0.29) is 17.4 Å². The topological polar surface area (TPSA) is 20.3 Å². The van der Waals surface area contributed by atoms with Gasteiger partial charge in [0.15, 0.2) is 17.4 Å². The van der Waals surface area contributed by atoms with Crippen molar-refractivity contribution in [3.8, 4) is 0 Å². The van der Waals surface area contributed by atoms with Crippen LogP contribution in [-0.4, -0.2) is 29.8 Å². The molecule has 1 rings (SSSR count). The first-order valence-electron chi connectivity index (χ1n) is 7.74. The van der Waals surface area contributed by atoms with Gasteiger partial charge in [0.05, 0.1) is 6.04 Å². The fraction of sp³-hybridized carbons (Fsp3) is 0.588. The van der Waals surface area contributed by atoms with Crippen LogP contribution in [-0.2, 0) is 0 Å². The number of nitrogens with zero attached hydrogens (tertiary/aromatic N) is 1. The molecule has 1 atom stereocenters. The van der Waals surface area contributed by atoms with Crippen molar-refractivity contribution in [1.29, 1.82) is 0 Å². The summed E-state index contributed by atoms with van der Waals surface area (Å²) in [6.07, 6.45) is 4.18. The fourth-order valence-electron chi connectivity index (χ4n) is 2.28. The van der Waals surface area contributed by atoms with Gasteiger partial charge in [-0.15, -0.1) is 0 Å². The molecule has 0 aliphatic heterocycles. The van der Waals surface area contributed by atoms with Gasteiger partial charge in [0.1, 0.15) is 0 Å². The minimum absolute atomic E-state index is 0.152. The molecule has 0 N–H and O–H groups in total. The molecular formula is C17H25F2NO. The van der Waals surface area contributed by atoms with E-state index in [9.17, 15) is 13.6 Å². The van der Waals surface area contributed by atoms with E-state index in [0.717, 1.165) is 50.9 Å². The lowest BCUT2D eigenvalue weighted by atomic mass is 10.0. The van der Waals surface area contributed by atoms with Gasteiger partial charge in [-0.2, -0.15) is 0 Å². The number of carbonyl (C=O) groups is 1. The summed E-state index contributed by atoms with van der Waals surface area (Å²) in [6, 6.07) is 3.05. The van der Waals surface area contributed by atoms with E-state index in [1.165, 1.54) is 6.07 Å². The molecule has 0 saturated carbocycles. The lowest BCUT2D eigenvalue weighted by Crippen LogP contribution is -2.40. The van der Waals surface area contributed by atoms with Gasteiger partial charge < -0.3 is 0 Å². The fourth-order valence-corrected chi connectivity index (χ4v) is 2.28. The minimum atomic E-state index is -0.971. The maximum atomic E-state index is 13.3. The zero-order valence-corrected chi connectivity index (χ0v) is 13.2. The number of Topliss-reactive ketones (excluding diaryl/α,β-unsaturated/α-hetero) is 1. The van der Waals surface area contributed by atoms with Crippen molar-refractivity contribution in [2.24, 2.45) is 0 Å². The third-order valence-corrected chi connectivity index (χ3v) is 3.73. The van der Waals surface area contributed by atoms with Gasteiger partial charge in [0.2, 0.25) is 0 Å². The van der Waals surface area contributed by atoms with Crippen LogP contribution in [0, 0.1) is 11.6 Å². The molecule has 0 heterocycles. The van der Waals surface area contributed by atoms with Crippen LogP contribution in [0.15, 0.2) is 18.2 Å². The maximum absolute atomic E-state index is 13.3. The highest BCUT2D eigenvalue weighted by Gasteiger charge is 2.22. The van der Waals surface area contributed by atoms with Crippen molar-refractivity contribution >= 4 is 5.78 Å². The molecule has 0 bridgehead atoms. The van der Waals surface area contributed by atoms with E-state index in [1.807, 2.05) is 6.92 Å². The Hall–Kier alpha value is -1.29. The Kier molecular flexibility index (Phi) is 7.51. The monoisotopic (exact) mass is 297 g/mol. The van der Waals surface area contributed by atoms with Crippen molar-refractivity contribution in [2.75, 3.05) is 13.1 Å².